The van der Waals surface area contributed by atoms with E-state index < -0.39 is 0 Å². The molecule has 0 aliphatic rings. The summed E-state index contributed by atoms with van der Waals surface area (Å²) in [4.78, 5) is 2.12. The molecular formula is C4H3N3Se. The molecule has 2 heterocycles. The molecule has 0 N–H and O–H groups in total. The second kappa shape index (κ2) is 1.44. The standard InChI is InChI=1S/C4H3N3Se/c1-2-8-4-6-5-3-7(1)4/h1-3H. The van der Waals surface area contributed by atoms with Crippen molar-refractivity contribution in [2.45, 2.75) is 0 Å². The van der Waals surface area contributed by atoms with Gasteiger partial charge in [0.05, 0.1) is 0 Å². The molecule has 0 bridgehead atoms. The van der Waals surface area contributed by atoms with Crippen LogP contribution in [0.5, 0.6) is 0 Å². The number of rotatable bonds is 0. The maximum absolute atomic E-state index is 3.88. The van der Waals surface area contributed by atoms with Crippen molar-refractivity contribution in [1.29, 1.82) is 0 Å². The van der Waals surface area contributed by atoms with Crippen LogP contribution in [-0.4, -0.2) is 29.1 Å². The van der Waals surface area contributed by atoms with Crippen molar-refractivity contribution in [3.63, 3.8) is 0 Å². The fourth-order valence-electron chi connectivity index (χ4n) is 0.575. The summed E-state index contributed by atoms with van der Waals surface area (Å²) in [5.74, 6) is 0. The van der Waals surface area contributed by atoms with E-state index in [4.69, 9.17) is 0 Å². The molecule has 0 amide bonds. The summed E-state index contributed by atoms with van der Waals surface area (Å²) in [6, 6.07) is 0. The molecule has 2 aromatic rings. The zero-order valence-electron chi connectivity index (χ0n) is 3.98. The number of fused-ring (bicyclic) bond motifs is 1. The normalized spacial score (nSPS) is 10.5. The maximum atomic E-state index is 3.88. The first-order valence-electron chi connectivity index (χ1n) is 2.19. The molecule has 4 heteroatoms. The average molecular weight is 172 g/mol. The molecule has 0 aliphatic heterocycles. The summed E-state index contributed by atoms with van der Waals surface area (Å²) in [6.45, 7) is 0. The zero-order valence-corrected chi connectivity index (χ0v) is 5.70. The SMILES string of the molecule is c1cn2cnnc2[se]1. The third-order valence-electron chi connectivity index (χ3n) is 0.935. The minimum atomic E-state index is 0.441. The van der Waals surface area contributed by atoms with Gasteiger partial charge in [-0.2, -0.15) is 0 Å². The summed E-state index contributed by atoms with van der Waals surface area (Å²) < 4.78 is 3.04. The van der Waals surface area contributed by atoms with Crippen molar-refractivity contribution >= 4 is 19.0 Å². The quantitative estimate of drug-likeness (QED) is 0.514. The number of nitrogens with zero attached hydrogens (tertiary/aromatic N) is 3. The van der Waals surface area contributed by atoms with E-state index in [9.17, 15) is 0 Å². The summed E-state index contributed by atoms with van der Waals surface area (Å²) >= 11 is 0.441. The fraction of sp³-hybridized carbons (Fsp3) is 0. The molecule has 0 atom stereocenters. The first kappa shape index (κ1) is 4.30. The molecular weight excluding hydrogens is 169 g/mol. The number of hydrogen-bond donors (Lipinski definition) is 0. The van der Waals surface area contributed by atoms with Crippen LogP contribution in [0, 0.1) is 0 Å². The number of aromatic nitrogens is 3. The van der Waals surface area contributed by atoms with Crippen molar-refractivity contribution < 1.29 is 0 Å². The molecule has 3 nitrogen and oxygen atoms in total. The van der Waals surface area contributed by atoms with Gasteiger partial charge in [0.15, 0.2) is 0 Å². The molecule has 0 spiro atoms. The summed E-state index contributed by atoms with van der Waals surface area (Å²) in [5, 5.41) is 7.60. The Morgan fingerprint density at radius 3 is 3.50 bits per heavy atom. The van der Waals surface area contributed by atoms with E-state index in [2.05, 4.69) is 15.1 Å². The van der Waals surface area contributed by atoms with Gasteiger partial charge in [0, 0.05) is 0 Å². The summed E-state index contributed by atoms with van der Waals surface area (Å²) in [7, 11) is 0. The monoisotopic (exact) mass is 173 g/mol. The van der Waals surface area contributed by atoms with E-state index in [0.717, 1.165) is 4.52 Å². The molecule has 0 aliphatic carbocycles. The van der Waals surface area contributed by atoms with Gasteiger partial charge in [-0.3, -0.25) is 0 Å². The van der Waals surface area contributed by atoms with E-state index in [1.54, 1.807) is 6.33 Å². The van der Waals surface area contributed by atoms with Gasteiger partial charge < -0.3 is 0 Å². The topological polar surface area (TPSA) is 30.2 Å². The Bertz CT molecular complexity index is 233. The molecule has 40 valence electrons. The summed E-state index contributed by atoms with van der Waals surface area (Å²) in [5.41, 5.74) is 0. The zero-order chi connectivity index (χ0) is 5.40. The van der Waals surface area contributed by atoms with Gasteiger partial charge in [-0.25, -0.2) is 0 Å². The van der Waals surface area contributed by atoms with E-state index in [0.29, 0.717) is 14.5 Å². The Labute approximate surface area is 51.7 Å². The fourth-order valence-corrected chi connectivity index (χ4v) is 1.91. The Kier molecular flexibility index (Phi) is 0.771. The molecule has 2 aromatic heterocycles. The van der Waals surface area contributed by atoms with E-state index in [1.807, 2.05) is 10.6 Å². The first-order valence-corrected chi connectivity index (χ1v) is 4.04. The van der Waals surface area contributed by atoms with Crippen LogP contribution in [0.2, 0.25) is 0 Å². The summed E-state index contributed by atoms with van der Waals surface area (Å²) in [6.07, 6.45) is 3.72. The van der Waals surface area contributed by atoms with Crippen LogP contribution >= 0.6 is 0 Å². The first-order chi connectivity index (χ1) is 3.97. The van der Waals surface area contributed by atoms with Crippen LogP contribution in [0.15, 0.2) is 17.5 Å². The third-order valence-corrected chi connectivity index (χ3v) is 2.53. The Morgan fingerprint density at radius 1 is 1.62 bits per heavy atom. The van der Waals surface area contributed by atoms with E-state index in [1.165, 1.54) is 0 Å². The van der Waals surface area contributed by atoms with Crippen LogP contribution in [0.25, 0.3) is 4.52 Å². The van der Waals surface area contributed by atoms with Crippen LogP contribution in [0.1, 0.15) is 0 Å². The third kappa shape index (κ3) is 0.441. The van der Waals surface area contributed by atoms with Crippen LogP contribution in [0.3, 0.4) is 0 Å². The molecule has 0 aromatic carbocycles. The Morgan fingerprint density at radius 2 is 2.62 bits per heavy atom. The Hall–Kier alpha value is -0.601. The van der Waals surface area contributed by atoms with Gasteiger partial charge in [-0.05, 0) is 0 Å². The van der Waals surface area contributed by atoms with Gasteiger partial charge in [0.1, 0.15) is 0 Å². The molecule has 0 saturated heterocycles. The van der Waals surface area contributed by atoms with Crippen LogP contribution < -0.4 is 0 Å². The average Bonchev–Trinajstić information content (AvgIpc) is 2.15. The van der Waals surface area contributed by atoms with E-state index in [-0.39, 0.29) is 0 Å². The van der Waals surface area contributed by atoms with Gasteiger partial charge in [0.2, 0.25) is 0 Å². The minimum absolute atomic E-state index is 0.441. The predicted octanol–water partition coefficient (Wildman–Crippen LogP) is -0.214. The van der Waals surface area contributed by atoms with E-state index >= 15 is 0 Å². The molecule has 0 fully saturated rings. The molecule has 2 rings (SSSR count). The van der Waals surface area contributed by atoms with Crippen LogP contribution in [0.4, 0.5) is 0 Å². The second-order valence-electron chi connectivity index (χ2n) is 1.42. The van der Waals surface area contributed by atoms with Gasteiger partial charge >= 0.3 is 51.1 Å². The molecule has 8 heavy (non-hydrogen) atoms. The van der Waals surface area contributed by atoms with Crippen LogP contribution in [-0.2, 0) is 0 Å². The van der Waals surface area contributed by atoms with Gasteiger partial charge in [0.25, 0.3) is 0 Å². The second-order valence-corrected chi connectivity index (χ2v) is 3.26. The van der Waals surface area contributed by atoms with Crippen molar-refractivity contribution in [3.05, 3.63) is 17.5 Å². The van der Waals surface area contributed by atoms with Crippen molar-refractivity contribution in [1.82, 2.24) is 14.6 Å². The number of hydrogen-bond acceptors (Lipinski definition) is 2. The molecule has 0 unspecified atom stereocenters. The van der Waals surface area contributed by atoms with Gasteiger partial charge in [-0.1, -0.05) is 0 Å². The van der Waals surface area contributed by atoms with Crippen molar-refractivity contribution in [3.8, 4) is 0 Å². The van der Waals surface area contributed by atoms with Crippen molar-refractivity contribution in [2.24, 2.45) is 0 Å². The predicted molar refractivity (Wildman–Crippen MR) is 29.9 cm³/mol. The Balaban J connectivity index is 3.06. The van der Waals surface area contributed by atoms with Crippen molar-refractivity contribution in [2.75, 3.05) is 0 Å². The molecule has 0 radical (unpaired) electrons. The molecule has 0 saturated carbocycles. The van der Waals surface area contributed by atoms with Gasteiger partial charge in [-0.15, -0.1) is 0 Å².